The largest absolute Gasteiger partial charge is 0.135 e. The molecule has 0 spiro atoms. The predicted octanol–water partition coefficient (Wildman–Crippen LogP) is 1.70. The predicted molar refractivity (Wildman–Crippen MR) is 50.8 cm³/mol. The molecule has 0 atom stereocenters. The maximum absolute atomic E-state index is 3.85. The molecular formula is C8H5BrN4. The molecule has 2 aromatic rings. The van der Waals surface area contributed by atoms with Gasteiger partial charge in [0, 0.05) is 10.0 Å². The Balaban J connectivity index is 2.48. The molecule has 1 aromatic carbocycles. The van der Waals surface area contributed by atoms with Gasteiger partial charge in [-0.05, 0) is 22.6 Å². The summed E-state index contributed by atoms with van der Waals surface area (Å²) in [4.78, 5) is 0. The van der Waals surface area contributed by atoms with Crippen LogP contribution in [0.1, 0.15) is 0 Å². The van der Waals surface area contributed by atoms with Crippen LogP contribution in [0.5, 0.6) is 0 Å². The van der Waals surface area contributed by atoms with Gasteiger partial charge in [0.15, 0.2) is 0 Å². The van der Waals surface area contributed by atoms with E-state index in [0.29, 0.717) is 0 Å². The lowest BCUT2D eigenvalue weighted by molar-refractivity contribution is 0.766. The van der Waals surface area contributed by atoms with Crippen LogP contribution in [0.25, 0.3) is 11.3 Å². The van der Waals surface area contributed by atoms with Gasteiger partial charge in [0.1, 0.15) is 5.69 Å². The first kappa shape index (κ1) is 8.25. The fourth-order valence-corrected chi connectivity index (χ4v) is 1.38. The van der Waals surface area contributed by atoms with Gasteiger partial charge in [-0.2, -0.15) is 0 Å². The fraction of sp³-hybridized carbons (Fsp3) is 0. The first-order valence-corrected chi connectivity index (χ1v) is 4.42. The van der Waals surface area contributed by atoms with Crippen LogP contribution in [0, 0.1) is 0 Å². The zero-order chi connectivity index (χ0) is 9.10. The van der Waals surface area contributed by atoms with Crippen molar-refractivity contribution in [2.45, 2.75) is 0 Å². The van der Waals surface area contributed by atoms with Gasteiger partial charge < -0.3 is 0 Å². The summed E-state index contributed by atoms with van der Waals surface area (Å²) in [6, 6.07) is 7.77. The van der Waals surface area contributed by atoms with E-state index in [0.717, 1.165) is 15.7 Å². The van der Waals surface area contributed by atoms with Gasteiger partial charge in [-0.15, -0.1) is 10.2 Å². The van der Waals surface area contributed by atoms with Crippen molar-refractivity contribution in [2.24, 2.45) is 0 Å². The van der Waals surface area contributed by atoms with Gasteiger partial charge >= 0.3 is 0 Å². The summed E-state index contributed by atoms with van der Waals surface area (Å²) >= 11 is 3.38. The van der Waals surface area contributed by atoms with Gasteiger partial charge in [-0.25, -0.2) is 0 Å². The quantitative estimate of drug-likeness (QED) is 0.757. The van der Waals surface area contributed by atoms with E-state index in [-0.39, 0.29) is 0 Å². The zero-order valence-corrected chi connectivity index (χ0v) is 8.14. The summed E-state index contributed by atoms with van der Waals surface area (Å²) in [5, 5.41) is 14.3. The molecule has 1 heterocycles. The monoisotopic (exact) mass is 236 g/mol. The minimum atomic E-state index is 0.719. The topological polar surface area (TPSA) is 51.6 Å². The second kappa shape index (κ2) is 3.57. The van der Waals surface area contributed by atoms with Crippen molar-refractivity contribution >= 4 is 15.9 Å². The van der Waals surface area contributed by atoms with Crippen molar-refractivity contribution in [3.05, 3.63) is 34.9 Å². The normalized spacial score (nSPS) is 9.92. The third kappa shape index (κ3) is 1.86. The van der Waals surface area contributed by atoms with Crippen molar-refractivity contribution < 1.29 is 0 Å². The molecule has 0 radical (unpaired) electrons. The van der Waals surface area contributed by atoms with E-state index in [4.69, 9.17) is 0 Å². The molecule has 0 amide bonds. The molecule has 13 heavy (non-hydrogen) atoms. The summed E-state index contributed by atoms with van der Waals surface area (Å²) in [5.41, 5.74) is 1.69. The SMILES string of the molecule is Brc1cccc(-c2cnnnn2)c1. The molecule has 0 saturated carbocycles. The maximum atomic E-state index is 3.85. The molecule has 4 nitrogen and oxygen atoms in total. The van der Waals surface area contributed by atoms with Crippen LogP contribution in [-0.2, 0) is 0 Å². The van der Waals surface area contributed by atoms with Crippen molar-refractivity contribution in [3.63, 3.8) is 0 Å². The number of rotatable bonds is 1. The molecule has 0 unspecified atom stereocenters. The average Bonchev–Trinajstić information content (AvgIpc) is 2.19. The van der Waals surface area contributed by atoms with Crippen LogP contribution in [0.2, 0.25) is 0 Å². The van der Waals surface area contributed by atoms with E-state index < -0.39 is 0 Å². The van der Waals surface area contributed by atoms with E-state index in [1.807, 2.05) is 24.3 Å². The van der Waals surface area contributed by atoms with Crippen LogP contribution >= 0.6 is 15.9 Å². The number of halogens is 1. The first-order chi connectivity index (χ1) is 6.36. The van der Waals surface area contributed by atoms with Crippen LogP contribution in [0.4, 0.5) is 0 Å². The number of hydrogen-bond donors (Lipinski definition) is 0. The molecule has 5 heteroatoms. The molecular weight excluding hydrogens is 232 g/mol. The molecule has 1 aromatic heterocycles. The molecule has 0 aliphatic rings. The molecule has 0 bridgehead atoms. The second-order valence-electron chi connectivity index (χ2n) is 2.42. The lowest BCUT2D eigenvalue weighted by atomic mass is 10.2. The van der Waals surface area contributed by atoms with Crippen LogP contribution < -0.4 is 0 Å². The number of benzene rings is 1. The second-order valence-corrected chi connectivity index (χ2v) is 3.33. The van der Waals surface area contributed by atoms with E-state index in [9.17, 15) is 0 Å². The number of aromatic nitrogens is 4. The van der Waals surface area contributed by atoms with E-state index in [2.05, 4.69) is 36.6 Å². The highest BCUT2D eigenvalue weighted by atomic mass is 79.9. The van der Waals surface area contributed by atoms with Gasteiger partial charge in [0.05, 0.1) is 6.20 Å². The van der Waals surface area contributed by atoms with Gasteiger partial charge in [0.2, 0.25) is 0 Å². The van der Waals surface area contributed by atoms with E-state index >= 15 is 0 Å². The van der Waals surface area contributed by atoms with Crippen LogP contribution in [0.15, 0.2) is 34.9 Å². The molecule has 0 aliphatic heterocycles. The van der Waals surface area contributed by atoms with Gasteiger partial charge in [-0.3, -0.25) is 0 Å². The average molecular weight is 237 g/mol. The van der Waals surface area contributed by atoms with E-state index in [1.54, 1.807) is 6.20 Å². The molecule has 64 valence electrons. The first-order valence-electron chi connectivity index (χ1n) is 3.63. The van der Waals surface area contributed by atoms with Crippen molar-refractivity contribution in [1.82, 2.24) is 20.6 Å². The third-order valence-corrected chi connectivity index (χ3v) is 2.04. The molecule has 0 saturated heterocycles. The van der Waals surface area contributed by atoms with Crippen molar-refractivity contribution in [1.29, 1.82) is 0 Å². The lowest BCUT2D eigenvalue weighted by Crippen LogP contribution is -1.92. The van der Waals surface area contributed by atoms with Gasteiger partial charge in [0.25, 0.3) is 0 Å². The molecule has 0 N–H and O–H groups in total. The number of hydrogen-bond acceptors (Lipinski definition) is 4. The fourth-order valence-electron chi connectivity index (χ4n) is 0.978. The summed E-state index contributed by atoms with van der Waals surface area (Å²) < 4.78 is 1.00. The van der Waals surface area contributed by atoms with E-state index in [1.165, 1.54) is 0 Å². The van der Waals surface area contributed by atoms with Crippen LogP contribution in [-0.4, -0.2) is 20.6 Å². The lowest BCUT2D eigenvalue weighted by Gasteiger charge is -1.97. The minimum absolute atomic E-state index is 0.719. The van der Waals surface area contributed by atoms with Crippen molar-refractivity contribution in [2.75, 3.05) is 0 Å². The highest BCUT2D eigenvalue weighted by Crippen LogP contribution is 2.19. The Labute approximate surface area is 83.1 Å². The highest BCUT2D eigenvalue weighted by molar-refractivity contribution is 9.10. The van der Waals surface area contributed by atoms with Crippen molar-refractivity contribution in [3.8, 4) is 11.3 Å². The maximum Gasteiger partial charge on any atom is 0.115 e. The Morgan fingerprint density at radius 1 is 1.15 bits per heavy atom. The molecule has 0 fully saturated rings. The Hall–Kier alpha value is -1.36. The third-order valence-electron chi connectivity index (χ3n) is 1.54. The summed E-state index contributed by atoms with van der Waals surface area (Å²) in [6.07, 6.45) is 1.58. The Morgan fingerprint density at radius 3 is 2.77 bits per heavy atom. The highest BCUT2D eigenvalue weighted by Gasteiger charge is 1.99. The summed E-state index contributed by atoms with van der Waals surface area (Å²) in [6.45, 7) is 0. The summed E-state index contributed by atoms with van der Waals surface area (Å²) in [5.74, 6) is 0. The Morgan fingerprint density at radius 2 is 2.08 bits per heavy atom. The minimum Gasteiger partial charge on any atom is -0.135 e. The smallest absolute Gasteiger partial charge is 0.115 e. The molecule has 0 aliphatic carbocycles. The Bertz CT molecular complexity index is 404. The standard InChI is InChI=1S/C8H5BrN4/c9-7-3-1-2-6(4-7)8-5-10-12-13-11-8/h1-5H. The van der Waals surface area contributed by atoms with Gasteiger partial charge in [-0.1, -0.05) is 28.1 Å². The Kier molecular flexibility index (Phi) is 2.27. The zero-order valence-electron chi connectivity index (χ0n) is 6.55. The number of nitrogens with zero attached hydrogens (tertiary/aromatic N) is 4. The van der Waals surface area contributed by atoms with Crippen LogP contribution in [0.3, 0.4) is 0 Å². The molecule has 2 rings (SSSR count). The summed E-state index contributed by atoms with van der Waals surface area (Å²) in [7, 11) is 0.